The van der Waals surface area contributed by atoms with Gasteiger partial charge in [0.15, 0.2) is 0 Å². The van der Waals surface area contributed by atoms with Crippen molar-refractivity contribution in [3.8, 4) is 0 Å². The lowest BCUT2D eigenvalue weighted by Crippen LogP contribution is -2.57. The number of likely N-dealkylation sites (tertiary alicyclic amines) is 2. The van der Waals surface area contributed by atoms with E-state index in [1.165, 1.54) is 25.7 Å². The summed E-state index contributed by atoms with van der Waals surface area (Å²) in [6.45, 7) is 2.75. The zero-order valence-electron chi connectivity index (χ0n) is 20.8. The van der Waals surface area contributed by atoms with Crippen molar-refractivity contribution in [2.45, 2.75) is 83.2 Å². The molecule has 1 aromatic carbocycles. The number of amides is 3. The second-order valence-corrected chi connectivity index (χ2v) is 12.1. The summed E-state index contributed by atoms with van der Waals surface area (Å²) >= 11 is 0. The topological polar surface area (TPSA) is 69.7 Å². The number of piperidine rings is 1. The molecule has 0 spiro atoms. The molecule has 6 aliphatic rings. The Kier molecular flexibility index (Phi) is 6.10. The molecular formula is C29H39N3O3. The standard InChI is InChI=1S/C29H39N3O3/c33-26(30-19-20-6-4-7-24(15-20)27(34)31-9-2-1-3-10-31)25-8-5-11-32(25)28(35)29-16-21-12-22(17-29)14-23(13-21)18-29/h4,6-7,15,21-23,25H,1-3,5,8-14,16-19H2,(H,30,33). The summed E-state index contributed by atoms with van der Waals surface area (Å²) < 4.78 is 0. The van der Waals surface area contributed by atoms with Gasteiger partial charge in [0, 0.05) is 31.7 Å². The fourth-order valence-corrected chi connectivity index (χ4v) is 8.36. The van der Waals surface area contributed by atoms with E-state index in [9.17, 15) is 14.4 Å². The highest BCUT2D eigenvalue weighted by atomic mass is 16.2. The van der Waals surface area contributed by atoms with Crippen LogP contribution in [-0.2, 0) is 16.1 Å². The van der Waals surface area contributed by atoms with E-state index in [2.05, 4.69) is 5.32 Å². The predicted octanol–water partition coefficient (Wildman–Crippen LogP) is 4.14. The maximum Gasteiger partial charge on any atom is 0.253 e. The van der Waals surface area contributed by atoms with Crippen LogP contribution in [0.25, 0.3) is 0 Å². The van der Waals surface area contributed by atoms with Crippen molar-refractivity contribution in [1.29, 1.82) is 0 Å². The van der Waals surface area contributed by atoms with Gasteiger partial charge in [-0.3, -0.25) is 14.4 Å². The number of rotatable bonds is 5. The van der Waals surface area contributed by atoms with E-state index in [1.54, 1.807) is 0 Å². The maximum absolute atomic E-state index is 13.9. The second-order valence-electron chi connectivity index (χ2n) is 12.1. The molecule has 1 atom stereocenters. The van der Waals surface area contributed by atoms with Crippen LogP contribution in [-0.4, -0.2) is 53.2 Å². The normalized spacial score (nSPS) is 33.7. The minimum Gasteiger partial charge on any atom is -0.350 e. The minimum atomic E-state index is -0.353. The summed E-state index contributed by atoms with van der Waals surface area (Å²) in [5.41, 5.74) is 1.43. The van der Waals surface area contributed by atoms with Gasteiger partial charge >= 0.3 is 0 Å². The van der Waals surface area contributed by atoms with E-state index in [4.69, 9.17) is 0 Å². The molecule has 1 N–H and O–H groups in total. The van der Waals surface area contributed by atoms with E-state index >= 15 is 0 Å². The van der Waals surface area contributed by atoms with Gasteiger partial charge in [-0.05, 0) is 106 Å². The first-order chi connectivity index (χ1) is 17.0. The summed E-state index contributed by atoms with van der Waals surface area (Å²) in [6, 6.07) is 7.28. The number of carbonyl (C=O) groups excluding carboxylic acids is 3. The van der Waals surface area contributed by atoms with Gasteiger partial charge in [0.1, 0.15) is 6.04 Å². The van der Waals surface area contributed by atoms with E-state index in [-0.39, 0.29) is 29.2 Å². The quantitative estimate of drug-likeness (QED) is 0.693. The van der Waals surface area contributed by atoms with Crippen LogP contribution >= 0.6 is 0 Å². The van der Waals surface area contributed by atoms with Crippen molar-refractivity contribution in [3.63, 3.8) is 0 Å². The summed E-state index contributed by atoms with van der Waals surface area (Å²) in [5, 5.41) is 3.09. The first-order valence-corrected chi connectivity index (χ1v) is 14.0. The van der Waals surface area contributed by atoms with Gasteiger partial charge in [-0.25, -0.2) is 0 Å². The molecule has 7 rings (SSSR count). The van der Waals surface area contributed by atoms with E-state index in [0.717, 1.165) is 81.4 Å². The van der Waals surface area contributed by atoms with Crippen molar-refractivity contribution in [1.82, 2.24) is 15.1 Å². The van der Waals surface area contributed by atoms with E-state index in [1.807, 2.05) is 34.1 Å². The van der Waals surface area contributed by atoms with Gasteiger partial charge in [0.05, 0.1) is 5.41 Å². The third-order valence-electron chi connectivity index (χ3n) is 9.59. The van der Waals surface area contributed by atoms with Gasteiger partial charge in [-0.2, -0.15) is 0 Å². The highest BCUT2D eigenvalue weighted by Gasteiger charge is 2.56. The smallest absolute Gasteiger partial charge is 0.253 e. The molecule has 1 unspecified atom stereocenters. The first-order valence-electron chi connectivity index (χ1n) is 14.0. The lowest BCUT2D eigenvalue weighted by Gasteiger charge is -2.56. The molecule has 6 heteroatoms. The van der Waals surface area contributed by atoms with Crippen molar-refractivity contribution in [3.05, 3.63) is 35.4 Å². The van der Waals surface area contributed by atoms with E-state index in [0.29, 0.717) is 18.7 Å². The number of nitrogens with one attached hydrogen (secondary N) is 1. The molecule has 0 radical (unpaired) electrons. The summed E-state index contributed by atoms with van der Waals surface area (Å²) in [5.74, 6) is 2.47. The Bertz CT molecular complexity index is 963. The molecule has 0 aromatic heterocycles. The van der Waals surface area contributed by atoms with Crippen molar-refractivity contribution < 1.29 is 14.4 Å². The third-order valence-corrected chi connectivity index (χ3v) is 9.59. The average Bonchev–Trinajstić information content (AvgIpc) is 3.36. The molecule has 6 nitrogen and oxygen atoms in total. The van der Waals surface area contributed by atoms with Gasteiger partial charge in [-0.1, -0.05) is 12.1 Å². The highest BCUT2D eigenvalue weighted by Crippen LogP contribution is 2.60. The van der Waals surface area contributed by atoms with Crippen LogP contribution < -0.4 is 5.32 Å². The number of hydrogen-bond donors (Lipinski definition) is 1. The number of carbonyl (C=O) groups is 3. The van der Waals surface area contributed by atoms with Gasteiger partial charge in [-0.15, -0.1) is 0 Å². The Balaban J connectivity index is 1.09. The minimum absolute atomic E-state index is 0.0478. The molecule has 4 aliphatic carbocycles. The van der Waals surface area contributed by atoms with Crippen molar-refractivity contribution in [2.24, 2.45) is 23.2 Å². The van der Waals surface area contributed by atoms with Crippen molar-refractivity contribution in [2.75, 3.05) is 19.6 Å². The van der Waals surface area contributed by atoms with Crippen molar-refractivity contribution >= 4 is 17.7 Å². The molecule has 35 heavy (non-hydrogen) atoms. The second kappa shape index (κ2) is 9.25. The molecule has 2 heterocycles. The Morgan fingerprint density at radius 2 is 1.57 bits per heavy atom. The molecule has 4 saturated carbocycles. The van der Waals surface area contributed by atoms with E-state index < -0.39 is 0 Å². The number of nitrogens with zero attached hydrogens (tertiary/aromatic N) is 2. The van der Waals surface area contributed by atoms with Gasteiger partial charge < -0.3 is 15.1 Å². The summed E-state index contributed by atoms with van der Waals surface area (Å²) in [4.78, 5) is 43.9. The Morgan fingerprint density at radius 3 is 2.26 bits per heavy atom. The monoisotopic (exact) mass is 477 g/mol. The van der Waals surface area contributed by atoms with Crippen LogP contribution in [0.3, 0.4) is 0 Å². The Hall–Kier alpha value is -2.37. The first kappa shape index (κ1) is 23.1. The zero-order valence-corrected chi connectivity index (χ0v) is 20.8. The molecule has 188 valence electrons. The fourth-order valence-electron chi connectivity index (χ4n) is 8.36. The molecule has 6 fully saturated rings. The SMILES string of the molecule is O=C(NCc1cccc(C(=O)N2CCCCC2)c1)C1CCCN1C(=O)C12CC3CC(CC(C3)C1)C2. The predicted molar refractivity (Wildman–Crippen MR) is 133 cm³/mol. The molecule has 4 bridgehead atoms. The molecule has 2 aliphatic heterocycles. The third kappa shape index (κ3) is 4.38. The molecule has 1 aromatic rings. The Morgan fingerprint density at radius 1 is 0.886 bits per heavy atom. The summed E-state index contributed by atoms with van der Waals surface area (Å²) in [7, 11) is 0. The zero-order chi connectivity index (χ0) is 24.0. The van der Waals surface area contributed by atoms with Crippen LogP contribution in [0.1, 0.15) is 86.6 Å². The Labute approximate surface area is 208 Å². The molecular weight excluding hydrogens is 438 g/mol. The van der Waals surface area contributed by atoms with Crippen LogP contribution in [0, 0.1) is 23.2 Å². The number of benzene rings is 1. The molecule has 3 amide bonds. The van der Waals surface area contributed by atoms with Crippen LogP contribution in [0.15, 0.2) is 24.3 Å². The lowest BCUT2D eigenvalue weighted by molar-refractivity contribution is -0.160. The number of hydrogen-bond acceptors (Lipinski definition) is 3. The van der Waals surface area contributed by atoms with Gasteiger partial charge in [0.2, 0.25) is 11.8 Å². The largest absolute Gasteiger partial charge is 0.350 e. The van der Waals surface area contributed by atoms with Crippen LogP contribution in [0.2, 0.25) is 0 Å². The van der Waals surface area contributed by atoms with Crippen LogP contribution in [0.5, 0.6) is 0 Å². The fraction of sp³-hybridized carbons (Fsp3) is 0.690. The summed E-state index contributed by atoms with van der Waals surface area (Å²) in [6.07, 6.45) is 12.1. The highest BCUT2D eigenvalue weighted by molar-refractivity contribution is 5.94. The van der Waals surface area contributed by atoms with Crippen LogP contribution in [0.4, 0.5) is 0 Å². The van der Waals surface area contributed by atoms with Gasteiger partial charge in [0.25, 0.3) is 5.91 Å². The average molecular weight is 478 g/mol. The molecule has 2 saturated heterocycles. The maximum atomic E-state index is 13.9. The lowest BCUT2D eigenvalue weighted by atomic mass is 9.49.